The van der Waals surface area contributed by atoms with Crippen LogP contribution in [0, 0.1) is 0 Å². The molecule has 1 N–H and O–H groups in total. The highest BCUT2D eigenvalue weighted by atomic mass is 35.5. The number of nitrogens with one attached hydrogen (secondary N) is 1. The van der Waals surface area contributed by atoms with Gasteiger partial charge in [-0.05, 0) is 43.9 Å². The van der Waals surface area contributed by atoms with E-state index in [1.165, 1.54) is 0 Å². The number of aromatic nitrogens is 2. The van der Waals surface area contributed by atoms with E-state index in [1.807, 2.05) is 0 Å². The number of rotatable bonds is 3. The number of fused-ring (bicyclic) bond motifs is 2. The van der Waals surface area contributed by atoms with E-state index in [0.29, 0.717) is 21.5 Å². The van der Waals surface area contributed by atoms with E-state index in [9.17, 15) is 9.59 Å². The fourth-order valence-electron chi connectivity index (χ4n) is 3.46. The molecule has 0 bridgehead atoms. The number of carbonyl (C=O) groups excluding carboxylic acids is 1. The monoisotopic (exact) mass is 409 g/mol. The third-order valence-electron chi connectivity index (χ3n) is 4.75. The maximum atomic E-state index is 12.9. The molecule has 5 nitrogen and oxygen atoms in total. The molecule has 8 heteroatoms. The Morgan fingerprint density at radius 2 is 2.08 bits per heavy atom. The van der Waals surface area contributed by atoms with Gasteiger partial charge in [-0.2, -0.15) is 0 Å². The smallest absolute Gasteiger partial charge is 0.257 e. The van der Waals surface area contributed by atoms with E-state index < -0.39 is 0 Å². The van der Waals surface area contributed by atoms with E-state index >= 15 is 0 Å². The van der Waals surface area contributed by atoms with Gasteiger partial charge in [-0.1, -0.05) is 35.0 Å². The molecule has 1 aliphatic heterocycles. The van der Waals surface area contributed by atoms with E-state index in [4.69, 9.17) is 23.2 Å². The quantitative estimate of drug-likeness (QED) is 0.774. The number of thioether (sulfide) groups is 1. The number of hydrogen-bond acceptors (Lipinski definition) is 4. The number of anilines is 1. The van der Waals surface area contributed by atoms with Gasteiger partial charge in [0.1, 0.15) is 0 Å². The molecule has 0 fully saturated rings. The van der Waals surface area contributed by atoms with Crippen molar-refractivity contribution in [2.24, 2.45) is 0 Å². The van der Waals surface area contributed by atoms with Crippen molar-refractivity contribution < 1.29 is 4.79 Å². The zero-order chi connectivity index (χ0) is 18.3. The lowest BCUT2D eigenvalue weighted by Gasteiger charge is -2.18. The number of carbonyl (C=O) groups is 1. The second kappa shape index (κ2) is 7.25. The standard InChI is InChI=1S/C18H17Cl2N3O2S/c19-13-6-5-10(7-14(13)20)21-16(24)8-11-9-26-18-22-15-4-2-1-3-12(15)17(25)23(11)18/h5-7,11H,1-4,8-9H2,(H,21,24). The summed E-state index contributed by atoms with van der Waals surface area (Å²) < 4.78 is 1.71. The lowest BCUT2D eigenvalue weighted by molar-refractivity contribution is -0.116. The zero-order valence-corrected chi connectivity index (χ0v) is 16.3. The minimum Gasteiger partial charge on any atom is -0.326 e. The number of amides is 1. The van der Waals surface area contributed by atoms with Crippen molar-refractivity contribution in [3.05, 3.63) is 49.9 Å². The Morgan fingerprint density at radius 1 is 1.27 bits per heavy atom. The summed E-state index contributed by atoms with van der Waals surface area (Å²) in [5.41, 5.74) is 2.39. The molecule has 26 heavy (non-hydrogen) atoms. The Kier molecular flexibility index (Phi) is 4.99. The molecular formula is C18H17Cl2N3O2S. The SMILES string of the molecule is O=C(CC1CSc2nc3c(c(=O)n21)CCCC3)Nc1ccc(Cl)c(Cl)c1. The van der Waals surface area contributed by atoms with Gasteiger partial charge in [0.05, 0.1) is 21.8 Å². The molecule has 1 amide bonds. The van der Waals surface area contributed by atoms with Crippen LogP contribution in [0.25, 0.3) is 0 Å². The number of hydrogen-bond donors (Lipinski definition) is 1. The first kappa shape index (κ1) is 17.9. The van der Waals surface area contributed by atoms with Crippen LogP contribution >= 0.6 is 35.0 Å². The number of aryl methyl sites for hydroxylation is 1. The van der Waals surface area contributed by atoms with Crippen LogP contribution in [0.5, 0.6) is 0 Å². The zero-order valence-electron chi connectivity index (χ0n) is 13.9. The minimum absolute atomic E-state index is 0.0297. The molecule has 1 aliphatic carbocycles. The fraction of sp³-hybridized carbons (Fsp3) is 0.389. The van der Waals surface area contributed by atoms with E-state index in [2.05, 4.69) is 10.3 Å². The average molecular weight is 410 g/mol. The van der Waals surface area contributed by atoms with Gasteiger partial charge < -0.3 is 5.32 Å². The first-order valence-electron chi connectivity index (χ1n) is 8.55. The van der Waals surface area contributed by atoms with Gasteiger partial charge in [0, 0.05) is 23.4 Å². The summed E-state index contributed by atoms with van der Waals surface area (Å²) in [4.78, 5) is 30.0. The van der Waals surface area contributed by atoms with Crippen LogP contribution in [-0.4, -0.2) is 21.2 Å². The molecule has 136 valence electrons. The molecule has 1 atom stereocenters. The molecule has 0 saturated carbocycles. The first-order valence-corrected chi connectivity index (χ1v) is 10.3. The highest BCUT2D eigenvalue weighted by Gasteiger charge is 2.30. The number of nitrogens with zero attached hydrogens (tertiary/aromatic N) is 2. The van der Waals surface area contributed by atoms with Gasteiger partial charge in [0.15, 0.2) is 5.16 Å². The molecule has 0 saturated heterocycles. The van der Waals surface area contributed by atoms with Gasteiger partial charge in [0.2, 0.25) is 5.91 Å². The van der Waals surface area contributed by atoms with Gasteiger partial charge in [0.25, 0.3) is 5.56 Å². The van der Waals surface area contributed by atoms with Crippen LogP contribution in [0.15, 0.2) is 28.2 Å². The van der Waals surface area contributed by atoms with E-state index in [0.717, 1.165) is 42.1 Å². The van der Waals surface area contributed by atoms with Crippen LogP contribution < -0.4 is 10.9 Å². The van der Waals surface area contributed by atoms with Gasteiger partial charge in [-0.15, -0.1) is 0 Å². The highest BCUT2D eigenvalue weighted by Crippen LogP contribution is 2.34. The van der Waals surface area contributed by atoms with Crippen molar-refractivity contribution in [3.8, 4) is 0 Å². The maximum absolute atomic E-state index is 12.9. The van der Waals surface area contributed by atoms with Crippen molar-refractivity contribution >= 4 is 46.6 Å². The molecule has 2 aromatic rings. The normalized spacial score (nSPS) is 18.3. The van der Waals surface area contributed by atoms with Crippen LogP contribution in [0.2, 0.25) is 10.0 Å². The summed E-state index contributed by atoms with van der Waals surface area (Å²) in [7, 11) is 0. The van der Waals surface area contributed by atoms with Crippen LogP contribution in [-0.2, 0) is 17.6 Å². The van der Waals surface area contributed by atoms with Gasteiger partial charge in [-0.3, -0.25) is 14.2 Å². The van der Waals surface area contributed by atoms with Crippen molar-refractivity contribution in [3.63, 3.8) is 0 Å². The third kappa shape index (κ3) is 3.38. The molecule has 0 spiro atoms. The predicted molar refractivity (Wildman–Crippen MR) is 105 cm³/mol. The van der Waals surface area contributed by atoms with E-state index in [1.54, 1.807) is 34.5 Å². The summed E-state index contributed by atoms with van der Waals surface area (Å²) in [6.07, 6.45) is 4.00. The maximum Gasteiger partial charge on any atom is 0.257 e. The lowest BCUT2D eigenvalue weighted by Crippen LogP contribution is -2.32. The fourth-order valence-corrected chi connectivity index (χ4v) is 4.92. The molecule has 2 heterocycles. The Labute approximate surface area is 165 Å². The lowest BCUT2D eigenvalue weighted by atomic mass is 9.97. The Morgan fingerprint density at radius 3 is 2.88 bits per heavy atom. The van der Waals surface area contributed by atoms with E-state index in [-0.39, 0.29) is 23.9 Å². The largest absolute Gasteiger partial charge is 0.326 e. The van der Waals surface area contributed by atoms with Crippen LogP contribution in [0.1, 0.15) is 36.6 Å². The molecular weight excluding hydrogens is 393 g/mol. The Hall–Kier alpha value is -1.50. The minimum atomic E-state index is -0.176. The molecule has 1 aromatic heterocycles. The van der Waals surface area contributed by atoms with Crippen LogP contribution in [0.3, 0.4) is 0 Å². The van der Waals surface area contributed by atoms with Crippen molar-refractivity contribution in [2.45, 2.75) is 43.3 Å². The first-order chi connectivity index (χ1) is 12.5. The van der Waals surface area contributed by atoms with Gasteiger partial charge in [-0.25, -0.2) is 4.98 Å². The Balaban J connectivity index is 1.53. The summed E-state index contributed by atoms with van der Waals surface area (Å²) in [5.74, 6) is 0.520. The third-order valence-corrected chi connectivity index (χ3v) is 6.58. The van der Waals surface area contributed by atoms with Gasteiger partial charge >= 0.3 is 0 Å². The summed E-state index contributed by atoms with van der Waals surface area (Å²) in [6, 6.07) is 4.78. The topological polar surface area (TPSA) is 64.0 Å². The second-order valence-electron chi connectivity index (χ2n) is 6.55. The molecule has 2 aliphatic rings. The molecule has 0 radical (unpaired) electrons. The Bertz CT molecular complexity index is 945. The summed E-state index contributed by atoms with van der Waals surface area (Å²) in [5, 5.41) is 4.39. The second-order valence-corrected chi connectivity index (χ2v) is 8.35. The number of halogens is 2. The van der Waals surface area contributed by atoms with Crippen molar-refractivity contribution in [2.75, 3.05) is 11.1 Å². The highest BCUT2D eigenvalue weighted by molar-refractivity contribution is 7.99. The number of benzene rings is 1. The molecule has 1 aromatic carbocycles. The summed E-state index contributed by atoms with van der Waals surface area (Å²) >= 11 is 13.4. The average Bonchev–Trinajstić information content (AvgIpc) is 3.01. The van der Waals surface area contributed by atoms with Crippen LogP contribution in [0.4, 0.5) is 5.69 Å². The van der Waals surface area contributed by atoms with Crippen molar-refractivity contribution in [1.29, 1.82) is 0 Å². The predicted octanol–water partition coefficient (Wildman–Crippen LogP) is 4.10. The summed E-state index contributed by atoms with van der Waals surface area (Å²) in [6.45, 7) is 0. The molecule has 1 unspecified atom stereocenters. The molecule has 4 rings (SSSR count). The van der Waals surface area contributed by atoms with Crippen molar-refractivity contribution in [1.82, 2.24) is 9.55 Å².